The highest BCUT2D eigenvalue weighted by atomic mass is 79.9. The summed E-state index contributed by atoms with van der Waals surface area (Å²) in [5.74, 6) is -7.46. The Morgan fingerprint density at radius 3 is 1.32 bits per heavy atom. The predicted molar refractivity (Wildman–Crippen MR) is 142 cm³/mol. The van der Waals surface area contributed by atoms with Crippen LogP contribution in [-0.4, -0.2) is 115 Å². The number of esters is 7. The van der Waals surface area contributed by atoms with Crippen LogP contribution in [0.25, 0.3) is 0 Å². The zero-order valence-electron chi connectivity index (χ0n) is 28.6. The highest BCUT2D eigenvalue weighted by molar-refractivity contribution is 9.09. The number of rotatable bonds is 11. The van der Waals surface area contributed by atoms with Crippen LogP contribution < -0.4 is 0 Å². The molecule has 248 valence electrons. The van der Waals surface area contributed by atoms with Gasteiger partial charge in [0.1, 0.15) is 31.4 Å². The third kappa shape index (κ3) is 11.0. The maximum Gasteiger partial charge on any atom is 0.303 e. The van der Waals surface area contributed by atoms with Gasteiger partial charge in [0.05, 0.1) is 5.48 Å². The third-order valence-corrected chi connectivity index (χ3v) is 6.15. The molecule has 2 fully saturated rings. The molecule has 0 unspecified atom stereocenters. The summed E-state index contributed by atoms with van der Waals surface area (Å²) in [6, 6.07) is 0. The van der Waals surface area contributed by atoms with Gasteiger partial charge in [-0.05, 0) is 0 Å². The predicted octanol–water partition coefficient (Wildman–Crippen LogP) is 0.00100. The largest absolute Gasteiger partial charge is 0.463 e. The van der Waals surface area contributed by atoms with E-state index in [1.165, 1.54) is 0 Å². The van der Waals surface area contributed by atoms with Crippen LogP contribution in [0.1, 0.15) is 53.9 Å². The Labute approximate surface area is 266 Å². The normalized spacial score (nSPS) is 33.5. The minimum absolute atomic E-state index is 0.845. The standard InChI is InChI=1S/C26H35BrO17/c1-10(28)35-8-17-20(21(38-13(4)31)23(25(27)42-17)40-15(6)33)44-26-24(41-16(7)34)22(39-14(5)32)19(37-12(3)30)18(43-26)9-36-11(2)29/h17-26H,8-9H2,1-7H3/t17-,18-,19+,20+,21+,22+,23-,24-,25+,26-/m1/s1/i8D2,9D2. The highest BCUT2D eigenvalue weighted by Crippen LogP contribution is 2.36. The third-order valence-electron chi connectivity index (χ3n) is 5.41. The lowest BCUT2D eigenvalue weighted by Crippen LogP contribution is -2.66. The first-order valence-corrected chi connectivity index (χ1v) is 13.7. The van der Waals surface area contributed by atoms with E-state index in [1.807, 2.05) is 0 Å². The van der Waals surface area contributed by atoms with Crippen molar-refractivity contribution < 1.29 is 86.4 Å². The molecule has 18 heteroatoms. The second-order valence-electron chi connectivity index (χ2n) is 9.23. The number of alkyl halides is 1. The first-order valence-electron chi connectivity index (χ1n) is 14.8. The molecule has 17 nitrogen and oxygen atoms in total. The average molecular weight is 703 g/mol. The SMILES string of the molecule is [2H]C([2H])(OC(C)=O)[C@H]1O[C@H](Br)[C@H](OC(C)=O)[C@@H](OC(C)=O)[C@H]1O[C@H]1O[C@H](C([2H])([2H])OC(C)=O)[C@H](OC(C)=O)[C@H](OC(C)=O)[C@H]1OC(C)=O. The Morgan fingerprint density at radius 1 is 0.523 bits per heavy atom. The molecule has 0 bridgehead atoms. The first-order chi connectivity index (χ1) is 22.0. The van der Waals surface area contributed by atoms with Gasteiger partial charge in [-0.2, -0.15) is 0 Å². The lowest BCUT2D eigenvalue weighted by molar-refractivity contribution is -0.341. The summed E-state index contributed by atoms with van der Waals surface area (Å²) in [6.07, 6.45) is -17.9. The van der Waals surface area contributed by atoms with Gasteiger partial charge in [-0.1, -0.05) is 15.9 Å². The average Bonchev–Trinajstić information content (AvgIpc) is 2.87. The van der Waals surface area contributed by atoms with Crippen LogP contribution in [0.2, 0.25) is 0 Å². The van der Waals surface area contributed by atoms with Crippen molar-refractivity contribution in [2.45, 2.75) is 109 Å². The lowest BCUT2D eigenvalue weighted by atomic mass is 9.96. The van der Waals surface area contributed by atoms with Crippen LogP contribution in [0.15, 0.2) is 0 Å². The summed E-state index contributed by atoms with van der Waals surface area (Å²) < 4.78 is 87.3. The molecule has 10 atom stereocenters. The number of carbonyl (C=O) groups is 7. The minimum atomic E-state index is -3.20. The molecule has 2 aliphatic heterocycles. The summed E-state index contributed by atoms with van der Waals surface area (Å²) in [6.45, 7) is 0.0624. The fourth-order valence-corrected chi connectivity index (χ4v) is 4.74. The topological polar surface area (TPSA) is 212 Å². The van der Waals surface area contributed by atoms with E-state index < -0.39 is 115 Å². The number of ether oxygens (including phenoxy) is 10. The van der Waals surface area contributed by atoms with Gasteiger partial charge in [0.2, 0.25) is 0 Å². The fraction of sp³-hybridized carbons (Fsp3) is 0.731. The molecule has 0 N–H and O–H groups in total. The van der Waals surface area contributed by atoms with Crippen LogP contribution in [0.4, 0.5) is 0 Å². The van der Waals surface area contributed by atoms with Crippen molar-refractivity contribution in [3.8, 4) is 0 Å². The van der Waals surface area contributed by atoms with Crippen LogP contribution in [-0.2, 0) is 80.9 Å². The summed E-state index contributed by atoms with van der Waals surface area (Å²) in [5.41, 5.74) is 0. The van der Waals surface area contributed by atoms with Gasteiger partial charge in [0, 0.05) is 48.5 Å². The maximum atomic E-state index is 12.3. The number of carbonyl (C=O) groups excluding carboxylic acids is 7. The molecule has 2 heterocycles. The molecule has 2 aliphatic rings. The van der Waals surface area contributed by atoms with E-state index in [4.69, 9.17) is 52.9 Å². The van der Waals surface area contributed by atoms with E-state index in [-0.39, 0.29) is 0 Å². The molecule has 0 aliphatic carbocycles. The van der Waals surface area contributed by atoms with Crippen molar-refractivity contribution in [2.75, 3.05) is 13.1 Å². The van der Waals surface area contributed by atoms with Crippen LogP contribution in [0, 0.1) is 0 Å². The van der Waals surface area contributed by atoms with Crippen LogP contribution in [0.3, 0.4) is 0 Å². The molecule has 0 aromatic heterocycles. The van der Waals surface area contributed by atoms with Crippen molar-refractivity contribution in [3.63, 3.8) is 0 Å². The van der Waals surface area contributed by atoms with Gasteiger partial charge in [-0.3, -0.25) is 33.6 Å². The van der Waals surface area contributed by atoms with E-state index in [0.29, 0.717) is 0 Å². The van der Waals surface area contributed by atoms with E-state index in [9.17, 15) is 33.6 Å². The van der Waals surface area contributed by atoms with Crippen molar-refractivity contribution in [1.29, 1.82) is 0 Å². The number of hydrogen-bond donors (Lipinski definition) is 0. The zero-order valence-corrected chi connectivity index (χ0v) is 26.2. The van der Waals surface area contributed by atoms with Gasteiger partial charge in [-0.25, -0.2) is 0 Å². The molecule has 0 radical (unpaired) electrons. The first kappa shape index (κ1) is 30.7. The van der Waals surface area contributed by atoms with Crippen molar-refractivity contribution >= 4 is 57.7 Å². The molecular weight excluding hydrogens is 664 g/mol. The second-order valence-corrected chi connectivity index (χ2v) is 10.1. The highest BCUT2D eigenvalue weighted by Gasteiger charge is 2.57. The molecule has 0 spiro atoms. The Kier molecular flexibility index (Phi) is 11.6. The van der Waals surface area contributed by atoms with E-state index >= 15 is 0 Å². The molecule has 0 aromatic carbocycles. The molecule has 44 heavy (non-hydrogen) atoms. The molecule has 2 rings (SSSR count). The van der Waals surface area contributed by atoms with Crippen LogP contribution in [0.5, 0.6) is 0 Å². The molecule has 2 saturated heterocycles. The smallest absolute Gasteiger partial charge is 0.303 e. The molecule has 0 amide bonds. The minimum Gasteiger partial charge on any atom is -0.463 e. The second kappa shape index (κ2) is 16.6. The molecule has 0 aromatic rings. The van der Waals surface area contributed by atoms with Gasteiger partial charge in [-0.15, -0.1) is 0 Å². The summed E-state index contributed by atoms with van der Waals surface area (Å²) in [7, 11) is 0. The van der Waals surface area contributed by atoms with Crippen molar-refractivity contribution in [1.82, 2.24) is 0 Å². The van der Waals surface area contributed by atoms with E-state index in [2.05, 4.69) is 15.9 Å². The van der Waals surface area contributed by atoms with Gasteiger partial charge < -0.3 is 47.4 Å². The summed E-state index contributed by atoms with van der Waals surface area (Å²) in [5, 5.41) is -1.44. The van der Waals surface area contributed by atoms with Crippen LogP contribution >= 0.6 is 15.9 Å². The Balaban J connectivity index is 2.87. The number of halogens is 1. The van der Waals surface area contributed by atoms with Crippen molar-refractivity contribution in [2.24, 2.45) is 0 Å². The Hall–Kier alpha value is -3.35. The Bertz CT molecular complexity index is 1260. The van der Waals surface area contributed by atoms with Crippen molar-refractivity contribution in [3.05, 3.63) is 0 Å². The number of hydrogen-bond acceptors (Lipinski definition) is 17. The molecular formula is C26H35BrO17. The Morgan fingerprint density at radius 2 is 0.886 bits per heavy atom. The zero-order chi connectivity index (χ0) is 36.9. The molecule has 0 saturated carbocycles. The lowest BCUT2D eigenvalue weighted by Gasteiger charge is -2.48. The fourth-order valence-electron chi connectivity index (χ4n) is 4.10. The van der Waals surface area contributed by atoms with E-state index in [1.54, 1.807) is 0 Å². The van der Waals surface area contributed by atoms with E-state index in [0.717, 1.165) is 48.5 Å². The summed E-state index contributed by atoms with van der Waals surface area (Å²) in [4.78, 5) is 84.7. The monoisotopic (exact) mass is 702 g/mol. The van der Waals surface area contributed by atoms with Gasteiger partial charge in [0.15, 0.2) is 41.8 Å². The quantitative estimate of drug-likeness (QED) is 0.157. The maximum absolute atomic E-state index is 12.3. The van der Waals surface area contributed by atoms with Gasteiger partial charge in [0.25, 0.3) is 0 Å². The summed E-state index contributed by atoms with van der Waals surface area (Å²) >= 11 is 3.08. The van der Waals surface area contributed by atoms with Gasteiger partial charge >= 0.3 is 41.8 Å².